The van der Waals surface area contributed by atoms with Crippen LogP contribution in [0.2, 0.25) is 0 Å². The average molecular weight is 286 g/mol. The van der Waals surface area contributed by atoms with Crippen molar-refractivity contribution in [3.63, 3.8) is 0 Å². The lowest BCUT2D eigenvalue weighted by molar-refractivity contribution is -0.133. The number of benzene rings is 1. The van der Waals surface area contributed by atoms with Crippen molar-refractivity contribution in [3.05, 3.63) is 29.8 Å². The Kier molecular flexibility index (Phi) is 4.18. The number of fused-ring (bicyclic) bond motifs is 1. The minimum atomic E-state index is -0.0319. The van der Waals surface area contributed by atoms with Gasteiger partial charge in [0.1, 0.15) is 6.04 Å². The number of aryl methyl sites for hydroxylation is 1. The largest absolute Gasteiger partial charge is 0.373 e. The first-order valence-electron chi connectivity index (χ1n) is 8.28. The number of nitrogens with one attached hydrogen (secondary N) is 1. The van der Waals surface area contributed by atoms with Crippen LogP contribution in [-0.4, -0.2) is 29.9 Å². The van der Waals surface area contributed by atoms with Crippen molar-refractivity contribution in [2.45, 2.75) is 45.6 Å². The summed E-state index contributed by atoms with van der Waals surface area (Å²) in [6.07, 6.45) is 4.24. The number of piperidine rings is 1. The molecule has 3 rings (SSSR count). The predicted molar refractivity (Wildman–Crippen MR) is 86.3 cm³/mol. The van der Waals surface area contributed by atoms with E-state index in [0.717, 1.165) is 56.3 Å². The van der Waals surface area contributed by atoms with E-state index >= 15 is 0 Å². The van der Waals surface area contributed by atoms with Crippen LogP contribution in [0.3, 0.4) is 0 Å². The van der Waals surface area contributed by atoms with Gasteiger partial charge in [-0.3, -0.25) is 4.79 Å². The van der Waals surface area contributed by atoms with Gasteiger partial charge in [0.05, 0.1) is 0 Å². The molecule has 1 fully saturated rings. The van der Waals surface area contributed by atoms with Gasteiger partial charge >= 0.3 is 0 Å². The highest BCUT2D eigenvalue weighted by atomic mass is 16.2. The van der Waals surface area contributed by atoms with Gasteiger partial charge in [0.2, 0.25) is 5.91 Å². The Labute approximate surface area is 127 Å². The fourth-order valence-corrected chi connectivity index (χ4v) is 3.63. The summed E-state index contributed by atoms with van der Waals surface area (Å²) in [6.45, 7) is 6.45. The molecule has 0 bridgehead atoms. The van der Waals surface area contributed by atoms with Crippen molar-refractivity contribution in [1.29, 1.82) is 0 Å². The molecule has 1 aromatic rings. The first-order chi connectivity index (χ1) is 10.1. The molecule has 1 N–H and O–H groups in total. The molecule has 0 aliphatic carbocycles. The maximum atomic E-state index is 12.7. The fourth-order valence-electron chi connectivity index (χ4n) is 3.63. The summed E-state index contributed by atoms with van der Waals surface area (Å²) in [5, 5.41) is 3.44. The summed E-state index contributed by atoms with van der Waals surface area (Å²) < 4.78 is 0. The fraction of sp³-hybridized carbons (Fsp3) is 0.611. The van der Waals surface area contributed by atoms with Crippen molar-refractivity contribution in [1.82, 2.24) is 4.90 Å². The van der Waals surface area contributed by atoms with E-state index < -0.39 is 0 Å². The van der Waals surface area contributed by atoms with Gasteiger partial charge in [-0.1, -0.05) is 32.0 Å². The molecule has 0 aromatic heterocycles. The maximum Gasteiger partial charge on any atom is 0.245 e. The van der Waals surface area contributed by atoms with Crippen LogP contribution in [-0.2, 0) is 11.2 Å². The number of likely N-dealkylation sites (tertiary alicyclic amines) is 1. The zero-order valence-electron chi connectivity index (χ0n) is 13.1. The molecule has 1 saturated heterocycles. The van der Waals surface area contributed by atoms with Gasteiger partial charge in [-0.2, -0.15) is 0 Å². The van der Waals surface area contributed by atoms with Crippen LogP contribution in [0.4, 0.5) is 5.69 Å². The number of amides is 1. The van der Waals surface area contributed by atoms with E-state index in [4.69, 9.17) is 0 Å². The second-order valence-electron chi connectivity index (χ2n) is 6.80. The summed E-state index contributed by atoms with van der Waals surface area (Å²) in [4.78, 5) is 14.8. The number of carbonyl (C=O) groups is 1. The standard InChI is InChI=1S/C18H26N2O/c1-13(2)14-9-11-20(12-10-14)18(21)17-8-7-15-5-3-4-6-16(15)19-17/h3-6,13-14,17,19H,7-12H2,1-2H3. The van der Waals surface area contributed by atoms with E-state index in [2.05, 4.69) is 42.3 Å². The number of rotatable bonds is 2. The third-order valence-electron chi connectivity index (χ3n) is 5.14. The molecule has 1 atom stereocenters. The van der Waals surface area contributed by atoms with Crippen LogP contribution >= 0.6 is 0 Å². The Balaban J connectivity index is 1.60. The van der Waals surface area contributed by atoms with Crippen molar-refractivity contribution < 1.29 is 4.79 Å². The quantitative estimate of drug-likeness (QED) is 0.904. The highest BCUT2D eigenvalue weighted by Crippen LogP contribution is 2.28. The molecule has 2 heterocycles. The third kappa shape index (κ3) is 3.07. The molecule has 0 spiro atoms. The Bertz CT molecular complexity index is 504. The highest BCUT2D eigenvalue weighted by Gasteiger charge is 2.30. The Hall–Kier alpha value is -1.51. The molecular weight excluding hydrogens is 260 g/mol. The molecule has 21 heavy (non-hydrogen) atoms. The lowest BCUT2D eigenvalue weighted by Gasteiger charge is -2.37. The van der Waals surface area contributed by atoms with Crippen molar-refractivity contribution in [3.8, 4) is 0 Å². The topological polar surface area (TPSA) is 32.3 Å². The van der Waals surface area contributed by atoms with Gasteiger partial charge in [0, 0.05) is 18.8 Å². The molecule has 3 nitrogen and oxygen atoms in total. The number of nitrogens with zero attached hydrogens (tertiary/aromatic N) is 1. The molecule has 3 heteroatoms. The second kappa shape index (κ2) is 6.08. The van der Waals surface area contributed by atoms with Gasteiger partial charge in [-0.25, -0.2) is 0 Å². The van der Waals surface area contributed by atoms with E-state index in [9.17, 15) is 4.79 Å². The van der Waals surface area contributed by atoms with Gasteiger partial charge in [-0.05, 0) is 49.1 Å². The number of hydrogen-bond acceptors (Lipinski definition) is 2. The maximum absolute atomic E-state index is 12.7. The Morgan fingerprint density at radius 2 is 1.90 bits per heavy atom. The summed E-state index contributed by atoms with van der Waals surface area (Å²) in [5.74, 6) is 1.82. The van der Waals surface area contributed by atoms with Crippen molar-refractivity contribution >= 4 is 11.6 Å². The summed E-state index contributed by atoms with van der Waals surface area (Å²) in [5.41, 5.74) is 2.47. The van der Waals surface area contributed by atoms with Gasteiger partial charge < -0.3 is 10.2 Å². The smallest absolute Gasteiger partial charge is 0.245 e. The summed E-state index contributed by atoms with van der Waals surface area (Å²) in [7, 11) is 0. The minimum absolute atomic E-state index is 0.0319. The van der Waals surface area contributed by atoms with Crippen LogP contribution < -0.4 is 5.32 Å². The lowest BCUT2D eigenvalue weighted by atomic mass is 9.86. The van der Waals surface area contributed by atoms with Crippen molar-refractivity contribution in [2.24, 2.45) is 11.8 Å². The predicted octanol–water partition coefficient (Wildman–Crippen LogP) is 3.31. The molecule has 1 aromatic carbocycles. The van der Waals surface area contributed by atoms with Gasteiger partial charge in [0.25, 0.3) is 0 Å². The molecular formula is C18H26N2O. The van der Waals surface area contributed by atoms with Crippen LogP contribution in [0.5, 0.6) is 0 Å². The molecule has 0 radical (unpaired) electrons. The molecule has 2 aliphatic heterocycles. The zero-order chi connectivity index (χ0) is 14.8. The SMILES string of the molecule is CC(C)C1CCN(C(=O)C2CCc3ccccc3N2)CC1. The summed E-state index contributed by atoms with van der Waals surface area (Å²) >= 11 is 0. The van der Waals surface area contributed by atoms with Gasteiger partial charge in [0.15, 0.2) is 0 Å². The number of carbonyl (C=O) groups excluding carboxylic acids is 1. The molecule has 2 aliphatic rings. The van der Waals surface area contributed by atoms with Gasteiger partial charge in [-0.15, -0.1) is 0 Å². The first kappa shape index (κ1) is 14.4. The lowest BCUT2D eigenvalue weighted by Crippen LogP contribution is -2.48. The molecule has 1 amide bonds. The van der Waals surface area contributed by atoms with Crippen LogP contribution in [0, 0.1) is 11.8 Å². The third-order valence-corrected chi connectivity index (χ3v) is 5.14. The number of para-hydroxylation sites is 1. The van der Waals surface area contributed by atoms with E-state index in [0.29, 0.717) is 5.91 Å². The number of hydrogen-bond donors (Lipinski definition) is 1. The van der Waals surface area contributed by atoms with Crippen molar-refractivity contribution in [2.75, 3.05) is 18.4 Å². The molecule has 0 saturated carbocycles. The number of anilines is 1. The first-order valence-corrected chi connectivity index (χ1v) is 8.28. The minimum Gasteiger partial charge on any atom is -0.373 e. The monoisotopic (exact) mass is 286 g/mol. The van der Waals surface area contributed by atoms with Crippen LogP contribution in [0.25, 0.3) is 0 Å². The molecule has 1 unspecified atom stereocenters. The van der Waals surface area contributed by atoms with E-state index in [1.165, 1.54) is 5.56 Å². The summed E-state index contributed by atoms with van der Waals surface area (Å²) in [6, 6.07) is 8.30. The van der Waals surface area contributed by atoms with E-state index in [-0.39, 0.29) is 6.04 Å². The Morgan fingerprint density at radius 3 is 2.62 bits per heavy atom. The highest BCUT2D eigenvalue weighted by molar-refractivity contribution is 5.85. The van der Waals surface area contributed by atoms with Crippen LogP contribution in [0.15, 0.2) is 24.3 Å². The average Bonchev–Trinajstić information content (AvgIpc) is 2.54. The van der Waals surface area contributed by atoms with Crippen LogP contribution in [0.1, 0.15) is 38.7 Å². The van der Waals surface area contributed by atoms with E-state index in [1.807, 2.05) is 6.07 Å². The normalized spacial score (nSPS) is 22.8. The zero-order valence-corrected chi connectivity index (χ0v) is 13.1. The Morgan fingerprint density at radius 1 is 1.19 bits per heavy atom. The van der Waals surface area contributed by atoms with E-state index in [1.54, 1.807) is 0 Å². The molecule has 114 valence electrons. The second-order valence-corrected chi connectivity index (χ2v) is 6.80.